The van der Waals surface area contributed by atoms with Gasteiger partial charge < -0.3 is 4.90 Å². The van der Waals surface area contributed by atoms with Crippen molar-refractivity contribution in [2.45, 2.75) is 38.1 Å². The summed E-state index contributed by atoms with van der Waals surface area (Å²) in [6.45, 7) is 1.15. The molecule has 1 saturated heterocycles. The summed E-state index contributed by atoms with van der Waals surface area (Å²) < 4.78 is 1.79. The molecule has 2 aromatic heterocycles. The first kappa shape index (κ1) is 11.5. The van der Waals surface area contributed by atoms with Gasteiger partial charge >= 0.3 is 0 Å². The van der Waals surface area contributed by atoms with Crippen LogP contribution in [0.2, 0.25) is 5.15 Å². The number of hydrogen-bond donors (Lipinski definition) is 0. The van der Waals surface area contributed by atoms with E-state index >= 15 is 0 Å². The van der Waals surface area contributed by atoms with Gasteiger partial charge in [-0.1, -0.05) is 24.4 Å². The van der Waals surface area contributed by atoms with Crippen LogP contribution in [0.4, 0.5) is 5.69 Å². The fourth-order valence-corrected chi connectivity index (χ4v) is 3.87. The Kier molecular flexibility index (Phi) is 2.65. The first-order valence-corrected chi connectivity index (χ1v) is 7.45. The Morgan fingerprint density at radius 1 is 1.26 bits per heavy atom. The molecule has 4 rings (SSSR count). The van der Waals surface area contributed by atoms with E-state index in [0.717, 1.165) is 23.8 Å². The quantitative estimate of drug-likeness (QED) is 0.802. The summed E-state index contributed by atoms with van der Waals surface area (Å²) in [6, 6.07) is 2.63. The van der Waals surface area contributed by atoms with Crippen LogP contribution < -0.4 is 4.90 Å². The first-order chi connectivity index (χ1) is 9.31. The molecule has 2 unspecified atom stereocenters. The molecule has 0 N–H and O–H groups in total. The molecule has 19 heavy (non-hydrogen) atoms. The number of fused-ring (bicyclic) bond motifs is 3. The summed E-state index contributed by atoms with van der Waals surface area (Å²) in [4.78, 5) is 6.96. The highest BCUT2D eigenvalue weighted by molar-refractivity contribution is 6.29. The molecule has 100 valence electrons. The van der Waals surface area contributed by atoms with E-state index in [1.807, 2.05) is 12.3 Å². The van der Waals surface area contributed by atoms with Gasteiger partial charge in [-0.3, -0.25) is 0 Å². The summed E-state index contributed by atoms with van der Waals surface area (Å²) in [5.74, 6) is 0.842. The van der Waals surface area contributed by atoms with E-state index in [9.17, 15) is 0 Å². The topological polar surface area (TPSA) is 33.4 Å². The predicted octanol–water partition coefficient (Wildman–Crippen LogP) is 3.15. The summed E-state index contributed by atoms with van der Waals surface area (Å²) in [5, 5.41) is 4.81. The second-order valence-corrected chi connectivity index (χ2v) is 6.13. The van der Waals surface area contributed by atoms with Crippen molar-refractivity contribution >= 4 is 22.9 Å². The van der Waals surface area contributed by atoms with Crippen LogP contribution in [-0.4, -0.2) is 27.2 Å². The number of aromatic nitrogens is 3. The average molecular weight is 277 g/mol. The summed E-state index contributed by atoms with van der Waals surface area (Å²) in [6.07, 6.45) is 10.4. The largest absolute Gasteiger partial charge is 0.365 e. The lowest BCUT2D eigenvalue weighted by molar-refractivity contribution is 0.524. The fraction of sp³-hybridized carbons (Fsp3) is 0.571. The van der Waals surface area contributed by atoms with Crippen LogP contribution in [0.1, 0.15) is 32.1 Å². The molecular formula is C14H17ClN4. The first-order valence-electron chi connectivity index (χ1n) is 7.08. The highest BCUT2D eigenvalue weighted by atomic mass is 35.5. The van der Waals surface area contributed by atoms with E-state index in [1.165, 1.54) is 32.1 Å². The van der Waals surface area contributed by atoms with Crippen LogP contribution in [0.15, 0.2) is 18.5 Å². The molecule has 1 aliphatic carbocycles. The van der Waals surface area contributed by atoms with Crippen LogP contribution in [0, 0.1) is 5.92 Å². The molecule has 2 aliphatic rings. The maximum atomic E-state index is 6.15. The third-order valence-electron chi connectivity index (χ3n) is 4.52. The molecule has 0 amide bonds. The monoisotopic (exact) mass is 276 g/mol. The van der Waals surface area contributed by atoms with Gasteiger partial charge in [0.2, 0.25) is 0 Å². The summed E-state index contributed by atoms with van der Waals surface area (Å²) in [7, 11) is 0. The normalized spacial score (nSPS) is 26.9. The van der Waals surface area contributed by atoms with E-state index < -0.39 is 0 Å². The lowest BCUT2D eigenvalue weighted by Crippen LogP contribution is -2.30. The zero-order chi connectivity index (χ0) is 12.8. The molecule has 2 bridgehead atoms. The molecule has 1 aliphatic heterocycles. The summed E-state index contributed by atoms with van der Waals surface area (Å²) in [5.41, 5.74) is 2.08. The Bertz CT molecular complexity index is 609. The predicted molar refractivity (Wildman–Crippen MR) is 75.7 cm³/mol. The highest BCUT2D eigenvalue weighted by Crippen LogP contribution is 2.38. The van der Waals surface area contributed by atoms with Crippen molar-refractivity contribution in [3.63, 3.8) is 0 Å². The Hall–Kier alpha value is -1.29. The molecule has 5 heteroatoms. The number of nitrogens with zero attached hydrogens (tertiary/aromatic N) is 4. The molecule has 0 radical (unpaired) electrons. The van der Waals surface area contributed by atoms with Crippen molar-refractivity contribution in [3.8, 4) is 0 Å². The van der Waals surface area contributed by atoms with Gasteiger partial charge in [-0.05, 0) is 25.2 Å². The SMILES string of the molecule is Clc1cc(N2CC3CCCCC2C3)c2nccn2n1. The number of hydrogen-bond acceptors (Lipinski definition) is 3. The molecule has 2 atom stereocenters. The molecule has 4 nitrogen and oxygen atoms in total. The van der Waals surface area contributed by atoms with Gasteiger partial charge in [0.05, 0.1) is 5.69 Å². The molecular weight excluding hydrogens is 260 g/mol. The van der Waals surface area contributed by atoms with E-state index in [0.29, 0.717) is 11.2 Å². The Labute approximate surface area is 117 Å². The molecule has 0 aromatic carbocycles. The molecule has 2 aromatic rings. The average Bonchev–Trinajstić information content (AvgIpc) is 2.91. The highest BCUT2D eigenvalue weighted by Gasteiger charge is 2.34. The number of imidazole rings is 1. The van der Waals surface area contributed by atoms with Crippen molar-refractivity contribution in [3.05, 3.63) is 23.6 Å². The van der Waals surface area contributed by atoms with Crippen molar-refractivity contribution in [2.75, 3.05) is 11.4 Å². The van der Waals surface area contributed by atoms with Gasteiger partial charge in [0, 0.05) is 31.0 Å². The second kappa shape index (κ2) is 4.37. The van der Waals surface area contributed by atoms with Crippen molar-refractivity contribution < 1.29 is 0 Å². The van der Waals surface area contributed by atoms with Gasteiger partial charge in [-0.2, -0.15) is 5.10 Å². The lowest BCUT2D eigenvalue weighted by Gasteiger charge is -2.28. The van der Waals surface area contributed by atoms with Crippen LogP contribution in [-0.2, 0) is 0 Å². The lowest BCUT2D eigenvalue weighted by atomic mass is 10.0. The Morgan fingerprint density at radius 2 is 2.16 bits per heavy atom. The minimum atomic E-state index is 0.541. The van der Waals surface area contributed by atoms with E-state index in [-0.39, 0.29) is 0 Å². The van der Waals surface area contributed by atoms with E-state index in [4.69, 9.17) is 11.6 Å². The molecule has 1 saturated carbocycles. The van der Waals surface area contributed by atoms with Gasteiger partial charge in [0.25, 0.3) is 0 Å². The number of anilines is 1. The Morgan fingerprint density at radius 3 is 3.11 bits per heavy atom. The van der Waals surface area contributed by atoms with Crippen LogP contribution in [0.3, 0.4) is 0 Å². The zero-order valence-corrected chi connectivity index (χ0v) is 11.6. The van der Waals surface area contributed by atoms with Gasteiger partial charge in [-0.15, -0.1) is 0 Å². The second-order valence-electron chi connectivity index (χ2n) is 5.74. The minimum absolute atomic E-state index is 0.541. The smallest absolute Gasteiger partial charge is 0.177 e. The standard InChI is InChI=1S/C14H17ClN4/c15-13-8-12(14-16-5-6-19(14)17-13)18-9-10-3-1-2-4-11(18)7-10/h5-6,8,10-11H,1-4,7,9H2. The maximum absolute atomic E-state index is 6.15. The summed E-state index contributed by atoms with van der Waals surface area (Å²) >= 11 is 6.15. The van der Waals surface area contributed by atoms with E-state index in [1.54, 1.807) is 10.7 Å². The third-order valence-corrected chi connectivity index (χ3v) is 4.70. The Balaban J connectivity index is 1.79. The van der Waals surface area contributed by atoms with E-state index in [2.05, 4.69) is 15.0 Å². The third kappa shape index (κ3) is 1.89. The maximum Gasteiger partial charge on any atom is 0.177 e. The van der Waals surface area contributed by atoms with Gasteiger partial charge in [0.15, 0.2) is 10.8 Å². The van der Waals surface area contributed by atoms with Gasteiger partial charge in [0.1, 0.15) is 0 Å². The molecule has 2 fully saturated rings. The van der Waals surface area contributed by atoms with Crippen LogP contribution >= 0.6 is 11.6 Å². The van der Waals surface area contributed by atoms with Crippen LogP contribution in [0.5, 0.6) is 0 Å². The van der Waals surface area contributed by atoms with Crippen LogP contribution in [0.25, 0.3) is 5.65 Å². The molecule has 3 heterocycles. The van der Waals surface area contributed by atoms with Crippen molar-refractivity contribution in [1.29, 1.82) is 0 Å². The minimum Gasteiger partial charge on any atom is -0.365 e. The number of rotatable bonds is 1. The van der Waals surface area contributed by atoms with Crippen molar-refractivity contribution in [1.82, 2.24) is 14.6 Å². The number of halogens is 1. The van der Waals surface area contributed by atoms with Gasteiger partial charge in [-0.25, -0.2) is 9.50 Å². The fourth-order valence-electron chi connectivity index (χ4n) is 3.69. The van der Waals surface area contributed by atoms with Crippen molar-refractivity contribution in [2.24, 2.45) is 5.92 Å². The molecule has 0 spiro atoms. The zero-order valence-electron chi connectivity index (χ0n) is 10.8.